The summed E-state index contributed by atoms with van der Waals surface area (Å²) in [7, 11) is 0. The molecule has 2 heterocycles. The number of Topliss-reactive ketones (excluding diaryl/α,β-unsaturated/α-hetero) is 1. The third kappa shape index (κ3) is 2.63. The molecule has 1 aliphatic heterocycles. The summed E-state index contributed by atoms with van der Waals surface area (Å²) in [5, 5.41) is 0.183. The van der Waals surface area contributed by atoms with E-state index in [2.05, 4.69) is 9.36 Å². The Morgan fingerprint density at radius 1 is 1.44 bits per heavy atom. The molecular weight excluding hydrogens is 267 g/mol. The van der Waals surface area contributed by atoms with Crippen LogP contribution in [-0.4, -0.2) is 27.7 Å². The molecule has 18 heavy (non-hydrogen) atoms. The molecule has 1 unspecified atom stereocenters. The van der Waals surface area contributed by atoms with Crippen molar-refractivity contribution in [1.29, 1.82) is 0 Å². The number of carbonyl (C=O) groups is 1. The first kappa shape index (κ1) is 13.3. The van der Waals surface area contributed by atoms with Crippen LogP contribution in [0.4, 0.5) is 18.3 Å². The second kappa shape index (κ2) is 4.83. The van der Waals surface area contributed by atoms with Crippen molar-refractivity contribution in [2.75, 3.05) is 11.4 Å². The maximum atomic E-state index is 12.4. The van der Waals surface area contributed by atoms with Gasteiger partial charge in [-0.15, -0.1) is 0 Å². The summed E-state index contributed by atoms with van der Waals surface area (Å²) in [4.78, 5) is 16.6. The lowest BCUT2D eigenvalue weighted by atomic mass is 10.00. The fraction of sp³-hybridized carbons (Fsp3) is 0.700. The lowest BCUT2D eigenvalue weighted by Gasteiger charge is -2.33. The maximum absolute atomic E-state index is 12.4. The number of anilines is 1. The summed E-state index contributed by atoms with van der Waals surface area (Å²) in [5.41, 5.74) is 0. The summed E-state index contributed by atoms with van der Waals surface area (Å²) in [6, 6.07) is -0.368. The molecule has 0 radical (unpaired) electrons. The van der Waals surface area contributed by atoms with Gasteiger partial charge in [0, 0.05) is 18.1 Å². The highest BCUT2D eigenvalue weighted by molar-refractivity contribution is 7.09. The molecule has 2 rings (SSSR count). The molecular formula is C10H12F3N3OS. The maximum Gasteiger partial charge on any atom is 0.452 e. The summed E-state index contributed by atoms with van der Waals surface area (Å²) in [6.07, 6.45) is -2.11. The fourth-order valence-corrected chi connectivity index (χ4v) is 2.79. The molecule has 0 aliphatic carbocycles. The standard InChI is InChI=1S/C10H12F3N3OS/c1-6(17)7-4-2-3-5-16(7)9-14-8(15-18-9)10(11,12)13/h7H,2-5H2,1H3. The van der Waals surface area contributed by atoms with Gasteiger partial charge < -0.3 is 4.90 Å². The number of hydrogen-bond acceptors (Lipinski definition) is 5. The lowest BCUT2D eigenvalue weighted by molar-refractivity contribution is -0.144. The van der Waals surface area contributed by atoms with E-state index in [9.17, 15) is 18.0 Å². The van der Waals surface area contributed by atoms with Gasteiger partial charge in [0.05, 0.1) is 6.04 Å². The number of halogens is 3. The van der Waals surface area contributed by atoms with Crippen LogP contribution < -0.4 is 4.90 Å². The SMILES string of the molecule is CC(=O)C1CCCCN1c1nc(C(F)(F)F)ns1. The lowest BCUT2D eigenvalue weighted by Crippen LogP contribution is -2.43. The molecule has 1 aromatic heterocycles. The van der Waals surface area contributed by atoms with E-state index in [0.717, 1.165) is 12.8 Å². The number of hydrogen-bond donors (Lipinski definition) is 0. The third-order valence-electron chi connectivity index (χ3n) is 2.89. The Morgan fingerprint density at radius 3 is 2.72 bits per heavy atom. The Morgan fingerprint density at radius 2 is 2.17 bits per heavy atom. The van der Waals surface area contributed by atoms with Crippen molar-refractivity contribution < 1.29 is 18.0 Å². The number of alkyl halides is 3. The number of rotatable bonds is 2. The van der Waals surface area contributed by atoms with Crippen molar-refractivity contribution in [3.63, 3.8) is 0 Å². The summed E-state index contributed by atoms with van der Waals surface area (Å²) < 4.78 is 40.6. The Kier molecular flexibility index (Phi) is 3.56. The zero-order valence-corrected chi connectivity index (χ0v) is 10.5. The van der Waals surface area contributed by atoms with E-state index in [1.54, 1.807) is 4.90 Å². The number of piperidine rings is 1. The van der Waals surface area contributed by atoms with Gasteiger partial charge in [0.2, 0.25) is 11.0 Å². The van der Waals surface area contributed by atoms with Crippen molar-refractivity contribution >= 4 is 22.4 Å². The van der Waals surface area contributed by atoms with E-state index in [4.69, 9.17) is 0 Å². The molecule has 0 aromatic carbocycles. The summed E-state index contributed by atoms with van der Waals surface area (Å²) in [5.74, 6) is -1.17. The average Bonchev–Trinajstić information content (AvgIpc) is 2.77. The highest BCUT2D eigenvalue weighted by Crippen LogP contribution is 2.32. The van der Waals surface area contributed by atoms with Crippen LogP contribution in [0, 0.1) is 0 Å². The van der Waals surface area contributed by atoms with Crippen LogP contribution in [0.5, 0.6) is 0 Å². The predicted octanol–water partition coefficient (Wildman–Crippen LogP) is 2.50. The van der Waals surface area contributed by atoms with E-state index in [1.165, 1.54) is 6.92 Å². The van der Waals surface area contributed by atoms with E-state index in [-0.39, 0.29) is 17.0 Å². The van der Waals surface area contributed by atoms with Gasteiger partial charge in [0.25, 0.3) is 0 Å². The second-order valence-corrected chi connectivity index (χ2v) is 4.94. The Hall–Kier alpha value is -1.18. The molecule has 8 heteroatoms. The van der Waals surface area contributed by atoms with Gasteiger partial charge in [-0.05, 0) is 26.2 Å². The van der Waals surface area contributed by atoms with Crippen LogP contribution in [0.25, 0.3) is 0 Å². The molecule has 1 aliphatic rings. The molecule has 1 saturated heterocycles. The van der Waals surface area contributed by atoms with Crippen LogP contribution in [0.3, 0.4) is 0 Å². The van der Waals surface area contributed by atoms with Gasteiger partial charge in [-0.25, -0.2) is 0 Å². The topological polar surface area (TPSA) is 46.1 Å². The zero-order valence-electron chi connectivity index (χ0n) is 9.70. The molecule has 1 atom stereocenters. The van der Waals surface area contributed by atoms with Gasteiger partial charge >= 0.3 is 6.18 Å². The van der Waals surface area contributed by atoms with E-state index >= 15 is 0 Å². The Balaban J connectivity index is 2.24. The zero-order chi connectivity index (χ0) is 13.3. The number of ketones is 1. The molecule has 1 aromatic rings. The average molecular weight is 279 g/mol. The minimum Gasteiger partial charge on any atom is -0.337 e. The molecule has 0 bridgehead atoms. The summed E-state index contributed by atoms with van der Waals surface area (Å²) >= 11 is 0.697. The molecule has 4 nitrogen and oxygen atoms in total. The quantitative estimate of drug-likeness (QED) is 0.834. The Labute approximate surface area is 106 Å². The molecule has 0 amide bonds. The van der Waals surface area contributed by atoms with Crippen LogP contribution in [0.1, 0.15) is 32.0 Å². The van der Waals surface area contributed by atoms with Gasteiger partial charge in [-0.2, -0.15) is 22.5 Å². The van der Waals surface area contributed by atoms with Crippen LogP contribution in [0.2, 0.25) is 0 Å². The molecule has 0 spiro atoms. The fourth-order valence-electron chi connectivity index (χ4n) is 2.03. The number of carbonyl (C=O) groups excluding carboxylic acids is 1. The first-order valence-corrected chi connectivity index (χ1v) is 6.35. The smallest absolute Gasteiger partial charge is 0.337 e. The van der Waals surface area contributed by atoms with Crippen molar-refractivity contribution in [2.24, 2.45) is 0 Å². The van der Waals surface area contributed by atoms with E-state index in [1.807, 2.05) is 0 Å². The van der Waals surface area contributed by atoms with Crippen LogP contribution >= 0.6 is 11.5 Å². The normalized spacial score (nSPS) is 21.1. The van der Waals surface area contributed by atoms with E-state index in [0.29, 0.717) is 24.5 Å². The molecule has 0 saturated carbocycles. The first-order valence-electron chi connectivity index (χ1n) is 5.57. The minimum atomic E-state index is -4.53. The van der Waals surface area contributed by atoms with E-state index < -0.39 is 12.0 Å². The van der Waals surface area contributed by atoms with Gasteiger partial charge in [0.1, 0.15) is 0 Å². The predicted molar refractivity (Wildman–Crippen MR) is 60.6 cm³/mol. The van der Waals surface area contributed by atoms with Gasteiger partial charge in [-0.3, -0.25) is 4.79 Å². The molecule has 1 fully saturated rings. The van der Waals surface area contributed by atoms with Crippen molar-refractivity contribution in [2.45, 2.75) is 38.4 Å². The van der Waals surface area contributed by atoms with Crippen molar-refractivity contribution in [3.05, 3.63) is 5.82 Å². The first-order chi connectivity index (χ1) is 8.39. The monoisotopic (exact) mass is 279 g/mol. The summed E-state index contributed by atoms with van der Waals surface area (Å²) in [6.45, 7) is 2.01. The van der Waals surface area contributed by atoms with Gasteiger partial charge in [0.15, 0.2) is 5.78 Å². The third-order valence-corrected chi connectivity index (χ3v) is 3.64. The van der Waals surface area contributed by atoms with Crippen LogP contribution in [0.15, 0.2) is 0 Å². The molecule has 100 valence electrons. The van der Waals surface area contributed by atoms with Crippen molar-refractivity contribution in [3.8, 4) is 0 Å². The Bertz CT molecular complexity index is 446. The number of nitrogens with zero attached hydrogens (tertiary/aromatic N) is 3. The largest absolute Gasteiger partial charge is 0.452 e. The second-order valence-electron chi connectivity index (χ2n) is 4.21. The highest BCUT2D eigenvalue weighted by atomic mass is 32.1. The van der Waals surface area contributed by atoms with Crippen molar-refractivity contribution in [1.82, 2.24) is 9.36 Å². The number of aromatic nitrogens is 2. The minimum absolute atomic E-state index is 0.0431. The van der Waals surface area contributed by atoms with Gasteiger partial charge in [-0.1, -0.05) is 0 Å². The van der Waals surface area contributed by atoms with Crippen LogP contribution in [-0.2, 0) is 11.0 Å². The highest BCUT2D eigenvalue weighted by Gasteiger charge is 2.38. The molecule has 0 N–H and O–H groups in total.